The van der Waals surface area contributed by atoms with Crippen molar-refractivity contribution in [2.24, 2.45) is 0 Å². The van der Waals surface area contributed by atoms with Gasteiger partial charge in [0.1, 0.15) is 5.75 Å². The molecule has 2 aromatic heterocycles. The van der Waals surface area contributed by atoms with E-state index in [0.29, 0.717) is 6.61 Å². The van der Waals surface area contributed by atoms with Gasteiger partial charge in [0, 0.05) is 28.2 Å². The highest BCUT2D eigenvalue weighted by atomic mass is 32.2. The summed E-state index contributed by atoms with van der Waals surface area (Å²) in [5, 5.41) is 0.910. The quantitative estimate of drug-likeness (QED) is 0.299. The van der Waals surface area contributed by atoms with Crippen molar-refractivity contribution in [3.05, 3.63) is 78.1 Å². The van der Waals surface area contributed by atoms with E-state index < -0.39 is 0 Å². The van der Waals surface area contributed by atoms with E-state index in [4.69, 9.17) is 4.74 Å². The van der Waals surface area contributed by atoms with Crippen LogP contribution in [0, 0.1) is 6.92 Å². The lowest BCUT2D eigenvalue weighted by atomic mass is 10.2. The number of fused-ring (bicyclic) bond motifs is 1. The molecule has 0 aliphatic carbocycles. The minimum absolute atomic E-state index is 0.667. The molecule has 0 bridgehead atoms. The van der Waals surface area contributed by atoms with Gasteiger partial charge in [0.2, 0.25) is 0 Å². The van der Waals surface area contributed by atoms with Crippen molar-refractivity contribution < 1.29 is 4.74 Å². The number of para-hydroxylation sites is 2. The predicted octanol–water partition coefficient (Wildman–Crippen LogP) is 5.73. The zero-order valence-electron chi connectivity index (χ0n) is 15.6. The number of ether oxygens (including phenoxy) is 1. The van der Waals surface area contributed by atoms with Crippen LogP contribution in [0.5, 0.6) is 5.75 Å². The fourth-order valence-corrected chi connectivity index (χ4v) is 4.48. The van der Waals surface area contributed by atoms with Crippen molar-refractivity contribution in [1.82, 2.24) is 15.0 Å². The van der Waals surface area contributed by atoms with Crippen LogP contribution in [0.25, 0.3) is 11.0 Å². The third kappa shape index (κ3) is 4.69. The Hall–Kier alpha value is -2.44. The van der Waals surface area contributed by atoms with Gasteiger partial charge in [-0.2, -0.15) is 0 Å². The van der Waals surface area contributed by atoms with E-state index in [2.05, 4.69) is 46.1 Å². The van der Waals surface area contributed by atoms with Crippen LogP contribution in [0.4, 0.5) is 0 Å². The van der Waals surface area contributed by atoms with Crippen molar-refractivity contribution >= 4 is 34.6 Å². The first-order valence-electron chi connectivity index (χ1n) is 9.12. The van der Waals surface area contributed by atoms with E-state index in [1.165, 1.54) is 4.90 Å². The lowest BCUT2D eigenvalue weighted by Crippen LogP contribution is -2.03. The first kappa shape index (κ1) is 18.9. The van der Waals surface area contributed by atoms with E-state index >= 15 is 0 Å². The number of thioether (sulfide) groups is 2. The molecule has 0 aliphatic rings. The second-order valence-electron chi connectivity index (χ2n) is 6.24. The summed E-state index contributed by atoms with van der Waals surface area (Å²) < 4.78 is 6.01. The number of aromatic nitrogens is 3. The maximum Gasteiger partial charge on any atom is 0.166 e. The van der Waals surface area contributed by atoms with E-state index in [-0.39, 0.29) is 0 Å². The molecule has 28 heavy (non-hydrogen) atoms. The summed E-state index contributed by atoms with van der Waals surface area (Å²) in [7, 11) is 0. The number of hydrogen-bond donors (Lipinski definition) is 1. The van der Waals surface area contributed by atoms with Crippen molar-refractivity contribution in [2.75, 3.05) is 12.4 Å². The lowest BCUT2D eigenvalue weighted by molar-refractivity contribution is 0.340. The molecule has 0 atom stereocenters. The molecule has 4 rings (SSSR count). The second-order valence-corrected chi connectivity index (χ2v) is 8.37. The van der Waals surface area contributed by atoms with Crippen LogP contribution in [0.15, 0.2) is 76.9 Å². The van der Waals surface area contributed by atoms with Gasteiger partial charge in [0.25, 0.3) is 0 Å². The van der Waals surface area contributed by atoms with E-state index in [0.717, 1.165) is 44.7 Å². The van der Waals surface area contributed by atoms with Crippen LogP contribution < -0.4 is 4.74 Å². The van der Waals surface area contributed by atoms with E-state index in [1.807, 2.05) is 42.6 Å². The molecule has 4 aromatic rings. The molecule has 0 saturated carbocycles. The number of imidazole rings is 1. The molecule has 142 valence electrons. The number of hydrogen-bond acceptors (Lipinski definition) is 5. The van der Waals surface area contributed by atoms with Gasteiger partial charge >= 0.3 is 0 Å². The van der Waals surface area contributed by atoms with Gasteiger partial charge in [-0.05, 0) is 37.3 Å². The van der Waals surface area contributed by atoms with Crippen LogP contribution in [0.2, 0.25) is 0 Å². The second kappa shape index (κ2) is 9.17. The first-order valence-corrected chi connectivity index (χ1v) is 11.1. The topological polar surface area (TPSA) is 50.8 Å². The molecule has 6 heteroatoms. The Kier molecular flexibility index (Phi) is 6.19. The summed E-state index contributed by atoms with van der Waals surface area (Å²) in [6, 6.07) is 20.4. The fourth-order valence-electron chi connectivity index (χ4n) is 2.82. The highest BCUT2D eigenvalue weighted by molar-refractivity contribution is 7.99. The molecule has 0 fully saturated rings. The van der Waals surface area contributed by atoms with Crippen molar-refractivity contribution in [3.63, 3.8) is 0 Å². The summed E-state index contributed by atoms with van der Waals surface area (Å²) in [6.45, 7) is 2.74. The fraction of sp³-hybridized carbons (Fsp3) is 0.182. The molecule has 1 N–H and O–H groups in total. The zero-order chi connectivity index (χ0) is 19.2. The van der Waals surface area contributed by atoms with Crippen molar-refractivity contribution in [3.8, 4) is 5.75 Å². The monoisotopic (exact) mass is 407 g/mol. The van der Waals surface area contributed by atoms with Gasteiger partial charge in [-0.1, -0.05) is 42.1 Å². The van der Waals surface area contributed by atoms with Gasteiger partial charge in [-0.3, -0.25) is 4.98 Å². The summed E-state index contributed by atoms with van der Waals surface area (Å²) in [5.74, 6) is 2.57. The average molecular weight is 408 g/mol. The average Bonchev–Trinajstić information content (AvgIpc) is 3.15. The predicted molar refractivity (Wildman–Crippen MR) is 117 cm³/mol. The lowest BCUT2D eigenvalue weighted by Gasteiger charge is -2.11. The maximum atomic E-state index is 6.01. The van der Waals surface area contributed by atoms with E-state index in [9.17, 15) is 0 Å². The molecule has 2 aromatic carbocycles. The number of nitrogens with zero attached hydrogens (tertiary/aromatic N) is 2. The molecular weight excluding hydrogens is 386 g/mol. The Bertz CT molecular complexity index is 1020. The first-order chi connectivity index (χ1) is 13.8. The van der Waals surface area contributed by atoms with Crippen LogP contribution >= 0.6 is 23.5 Å². The minimum atomic E-state index is 0.667. The van der Waals surface area contributed by atoms with Gasteiger partial charge in [0.05, 0.1) is 23.3 Å². The Morgan fingerprint density at radius 3 is 2.64 bits per heavy atom. The molecule has 0 unspecified atom stereocenters. The van der Waals surface area contributed by atoms with Crippen LogP contribution in [-0.2, 0) is 5.75 Å². The highest BCUT2D eigenvalue weighted by Crippen LogP contribution is 2.27. The highest BCUT2D eigenvalue weighted by Gasteiger charge is 2.09. The van der Waals surface area contributed by atoms with Gasteiger partial charge in [0.15, 0.2) is 5.16 Å². The molecule has 2 heterocycles. The number of aromatic amines is 1. The molecule has 0 radical (unpaired) electrons. The van der Waals surface area contributed by atoms with Crippen LogP contribution in [-0.4, -0.2) is 27.3 Å². The van der Waals surface area contributed by atoms with Crippen LogP contribution in [0.1, 0.15) is 11.3 Å². The minimum Gasteiger partial charge on any atom is -0.492 e. The number of pyridine rings is 1. The zero-order valence-corrected chi connectivity index (χ0v) is 17.2. The van der Waals surface area contributed by atoms with Crippen LogP contribution in [0.3, 0.4) is 0 Å². The summed E-state index contributed by atoms with van der Waals surface area (Å²) in [6.07, 6.45) is 1.82. The summed E-state index contributed by atoms with van der Waals surface area (Å²) in [5.41, 5.74) is 4.17. The third-order valence-corrected chi connectivity index (χ3v) is 6.19. The van der Waals surface area contributed by atoms with E-state index in [1.54, 1.807) is 23.5 Å². The Morgan fingerprint density at radius 1 is 0.964 bits per heavy atom. The number of benzene rings is 2. The standard InChI is InChI=1S/C22H21N3OS2/c1-16-20(15-28-22-24-18-9-5-6-10-19(18)25-22)23-12-11-21(16)26-13-14-27-17-7-3-2-4-8-17/h2-12H,13-15H2,1H3,(H,24,25). The largest absolute Gasteiger partial charge is 0.492 e. The number of H-pyrrole nitrogens is 1. The Balaban J connectivity index is 1.33. The molecular formula is C22H21N3OS2. The number of rotatable bonds is 8. The molecule has 4 nitrogen and oxygen atoms in total. The smallest absolute Gasteiger partial charge is 0.166 e. The molecule has 0 saturated heterocycles. The van der Waals surface area contributed by atoms with Gasteiger partial charge in [-0.25, -0.2) is 4.98 Å². The molecule has 0 aliphatic heterocycles. The van der Waals surface area contributed by atoms with Crippen molar-refractivity contribution in [2.45, 2.75) is 22.7 Å². The summed E-state index contributed by atoms with van der Waals surface area (Å²) in [4.78, 5) is 13.8. The Labute approximate surface area is 173 Å². The normalized spacial score (nSPS) is 11.0. The third-order valence-electron chi connectivity index (χ3n) is 4.32. The molecule has 0 amide bonds. The summed E-state index contributed by atoms with van der Waals surface area (Å²) >= 11 is 3.46. The Morgan fingerprint density at radius 2 is 1.79 bits per heavy atom. The van der Waals surface area contributed by atoms with Crippen molar-refractivity contribution in [1.29, 1.82) is 0 Å². The maximum absolute atomic E-state index is 6.01. The molecule has 0 spiro atoms. The number of nitrogens with one attached hydrogen (secondary N) is 1. The van der Waals surface area contributed by atoms with Gasteiger partial charge in [-0.15, -0.1) is 11.8 Å². The van der Waals surface area contributed by atoms with Gasteiger partial charge < -0.3 is 9.72 Å². The SMILES string of the molecule is Cc1c(OCCSc2ccccc2)ccnc1CSc1nc2ccccc2[nH]1.